The van der Waals surface area contributed by atoms with Crippen LogP contribution in [-0.2, 0) is 6.54 Å². The van der Waals surface area contributed by atoms with E-state index >= 15 is 0 Å². The zero-order chi connectivity index (χ0) is 21.3. The predicted octanol–water partition coefficient (Wildman–Crippen LogP) is 3.52. The number of aromatic hydroxyl groups is 1. The Balaban J connectivity index is 1.89. The lowest BCUT2D eigenvalue weighted by Gasteiger charge is -2.10. The monoisotopic (exact) mass is 401 g/mol. The molecule has 0 amide bonds. The minimum atomic E-state index is 0.0477. The number of hydrogen-bond donors (Lipinski definition) is 2. The summed E-state index contributed by atoms with van der Waals surface area (Å²) in [6.07, 6.45) is 1.53. The molecule has 2 heterocycles. The van der Waals surface area contributed by atoms with Gasteiger partial charge < -0.3 is 20.3 Å². The van der Waals surface area contributed by atoms with E-state index in [1.165, 1.54) is 19.0 Å². The van der Waals surface area contributed by atoms with E-state index in [-0.39, 0.29) is 5.75 Å². The zero-order valence-electron chi connectivity index (χ0n) is 17.1. The summed E-state index contributed by atoms with van der Waals surface area (Å²) < 4.78 is 7.41. The average molecular weight is 401 g/mol. The number of nitrogens with zero attached hydrogens (tertiary/aromatic N) is 4. The Morgan fingerprint density at radius 3 is 2.60 bits per heavy atom. The van der Waals surface area contributed by atoms with Crippen LogP contribution in [-0.4, -0.2) is 32.5 Å². The fourth-order valence-corrected chi connectivity index (χ4v) is 3.70. The molecule has 0 aliphatic heterocycles. The summed E-state index contributed by atoms with van der Waals surface area (Å²) in [6.45, 7) is 4.83. The van der Waals surface area contributed by atoms with E-state index in [1.54, 1.807) is 18.2 Å². The maximum absolute atomic E-state index is 9.93. The van der Waals surface area contributed by atoms with Crippen LogP contribution in [0.25, 0.3) is 11.0 Å². The number of aromatic nitrogens is 3. The van der Waals surface area contributed by atoms with Crippen LogP contribution in [0, 0.1) is 13.8 Å². The van der Waals surface area contributed by atoms with Crippen LogP contribution < -0.4 is 10.6 Å². The number of methoxy groups -OCH3 is 1. The van der Waals surface area contributed by atoms with Crippen molar-refractivity contribution in [1.29, 1.82) is 0 Å². The lowest BCUT2D eigenvalue weighted by Crippen LogP contribution is -2.11. The third kappa shape index (κ3) is 3.24. The quantitative estimate of drug-likeness (QED) is 0.303. The molecule has 0 bridgehead atoms. The van der Waals surface area contributed by atoms with Crippen molar-refractivity contribution in [2.45, 2.75) is 20.4 Å². The molecule has 152 valence electrons. The maximum atomic E-state index is 9.93. The smallest absolute Gasteiger partial charge is 0.161 e. The van der Waals surface area contributed by atoms with Gasteiger partial charge in [-0.25, -0.2) is 9.97 Å². The molecule has 4 rings (SSSR count). The van der Waals surface area contributed by atoms with Crippen LogP contribution in [0.1, 0.15) is 28.1 Å². The standard InChI is InChI=1S/C23H23N5O2/c1-14-15(2)28(12-16-7-5-4-6-8-16)23-20(14)22(25-13-26-23)21(27-24)17-9-10-18(29)19(11-17)30-3/h4-11,13,29H,12,24H2,1-3H3. The number of phenolic OH excluding ortho intramolecular Hbond substituents is 1. The Hall–Kier alpha value is -3.87. The van der Waals surface area contributed by atoms with Gasteiger partial charge in [-0.15, -0.1) is 0 Å². The highest BCUT2D eigenvalue weighted by molar-refractivity contribution is 6.18. The molecule has 0 saturated carbocycles. The number of rotatable bonds is 5. The Bertz CT molecular complexity index is 1250. The lowest BCUT2D eigenvalue weighted by atomic mass is 10.0. The molecule has 2 aromatic carbocycles. The zero-order valence-corrected chi connectivity index (χ0v) is 17.1. The predicted molar refractivity (Wildman–Crippen MR) is 117 cm³/mol. The molecule has 0 fully saturated rings. The molecule has 3 N–H and O–H groups in total. The van der Waals surface area contributed by atoms with Gasteiger partial charge in [-0.05, 0) is 43.2 Å². The van der Waals surface area contributed by atoms with Gasteiger partial charge in [0.15, 0.2) is 11.5 Å². The van der Waals surface area contributed by atoms with Crippen molar-refractivity contribution in [3.8, 4) is 11.5 Å². The number of nitrogens with two attached hydrogens (primary N) is 1. The molecule has 0 atom stereocenters. The van der Waals surface area contributed by atoms with E-state index in [4.69, 9.17) is 10.6 Å². The molecule has 0 unspecified atom stereocenters. The largest absolute Gasteiger partial charge is 0.504 e. The van der Waals surface area contributed by atoms with Gasteiger partial charge in [-0.2, -0.15) is 5.10 Å². The highest BCUT2D eigenvalue weighted by Crippen LogP contribution is 2.31. The number of fused-ring (bicyclic) bond motifs is 1. The molecule has 0 aliphatic rings. The highest BCUT2D eigenvalue weighted by atomic mass is 16.5. The number of aryl methyl sites for hydroxylation is 1. The van der Waals surface area contributed by atoms with Crippen molar-refractivity contribution in [1.82, 2.24) is 14.5 Å². The van der Waals surface area contributed by atoms with E-state index in [2.05, 4.69) is 45.6 Å². The van der Waals surface area contributed by atoms with Crippen LogP contribution >= 0.6 is 0 Å². The van der Waals surface area contributed by atoms with Gasteiger partial charge in [-0.1, -0.05) is 30.3 Å². The van der Waals surface area contributed by atoms with Crippen molar-refractivity contribution in [2.75, 3.05) is 7.11 Å². The minimum absolute atomic E-state index is 0.0477. The van der Waals surface area contributed by atoms with Crippen molar-refractivity contribution in [3.05, 3.63) is 82.9 Å². The Labute approximate surface area is 174 Å². The Morgan fingerprint density at radius 2 is 1.90 bits per heavy atom. The summed E-state index contributed by atoms with van der Waals surface area (Å²) in [5.41, 5.74) is 6.03. The maximum Gasteiger partial charge on any atom is 0.161 e. The number of hydrazone groups is 1. The van der Waals surface area contributed by atoms with E-state index in [9.17, 15) is 5.11 Å². The van der Waals surface area contributed by atoms with E-state index in [0.717, 1.165) is 22.3 Å². The molecular weight excluding hydrogens is 378 g/mol. The first kappa shape index (κ1) is 19.4. The van der Waals surface area contributed by atoms with Crippen LogP contribution in [0.15, 0.2) is 60.0 Å². The molecule has 0 aliphatic carbocycles. The Morgan fingerprint density at radius 1 is 1.13 bits per heavy atom. The number of phenols is 1. The molecule has 30 heavy (non-hydrogen) atoms. The summed E-state index contributed by atoms with van der Waals surface area (Å²) in [4.78, 5) is 9.09. The molecular formula is C23H23N5O2. The molecule has 7 heteroatoms. The topological polar surface area (TPSA) is 98.5 Å². The summed E-state index contributed by atoms with van der Waals surface area (Å²) in [7, 11) is 1.50. The molecule has 2 aromatic heterocycles. The Kier molecular flexibility index (Phi) is 5.10. The van der Waals surface area contributed by atoms with Gasteiger partial charge in [0.05, 0.1) is 12.5 Å². The normalized spacial score (nSPS) is 11.8. The second-order valence-electron chi connectivity index (χ2n) is 7.07. The van der Waals surface area contributed by atoms with E-state index in [1.807, 2.05) is 18.2 Å². The molecule has 0 saturated heterocycles. The molecule has 7 nitrogen and oxygen atoms in total. The van der Waals surface area contributed by atoms with Gasteiger partial charge in [-0.3, -0.25) is 0 Å². The molecule has 4 aromatic rings. The fraction of sp³-hybridized carbons (Fsp3) is 0.174. The van der Waals surface area contributed by atoms with Crippen molar-refractivity contribution < 1.29 is 9.84 Å². The molecule has 0 radical (unpaired) electrons. The van der Waals surface area contributed by atoms with Gasteiger partial charge in [0, 0.05) is 17.8 Å². The fourth-order valence-electron chi connectivity index (χ4n) is 3.70. The minimum Gasteiger partial charge on any atom is -0.504 e. The van der Waals surface area contributed by atoms with Gasteiger partial charge in [0.25, 0.3) is 0 Å². The first-order valence-electron chi connectivity index (χ1n) is 9.55. The summed E-state index contributed by atoms with van der Waals surface area (Å²) in [5, 5.41) is 14.9. The van der Waals surface area contributed by atoms with Crippen LogP contribution in [0.3, 0.4) is 0 Å². The number of benzene rings is 2. The third-order valence-corrected chi connectivity index (χ3v) is 5.40. The first-order chi connectivity index (χ1) is 14.5. The summed E-state index contributed by atoms with van der Waals surface area (Å²) >= 11 is 0. The van der Waals surface area contributed by atoms with Gasteiger partial charge >= 0.3 is 0 Å². The van der Waals surface area contributed by atoms with Crippen molar-refractivity contribution >= 4 is 16.7 Å². The second-order valence-corrected chi connectivity index (χ2v) is 7.07. The first-order valence-corrected chi connectivity index (χ1v) is 9.55. The van der Waals surface area contributed by atoms with Crippen molar-refractivity contribution in [2.24, 2.45) is 10.9 Å². The highest BCUT2D eigenvalue weighted by Gasteiger charge is 2.21. The van der Waals surface area contributed by atoms with Crippen LogP contribution in [0.4, 0.5) is 0 Å². The van der Waals surface area contributed by atoms with Crippen molar-refractivity contribution in [3.63, 3.8) is 0 Å². The van der Waals surface area contributed by atoms with Crippen LogP contribution in [0.5, 0.6) is 11.5 Å². The van der Waals surface area contributed by atoms with Gasteiger partial charge in [0.1, 0.15) is 23.4 Å². The number of hydrogen-bond acceptors (Lipinski definition) is 6. The van der Waals surface area contributed by atoms with E-state index in [0.29, 0.717) is 29.3 Å². The third-order valence-electron chi connectivity index (χ3n) is 5.40. The SMILES string of the molecule is COc1cc(C(=NN)c2ncnc3c2c(C)c(C)n3Cc2ccccc2)ccc1O. The van der Waals surface area contributed by atoms with Gasteiger partial charge in [0.2, 0.25) is 0 Å². The summed E-state index contributed by atoms with van der Waals surface area (Å²) in [5.74, 6) is 6.18. The average Bonchev–Trinajstić information content (AvgIpc) is 3.01. The van der Waals surface area contributed by atoms with E-state index < -0.39 is 0 Å². The lowest BCUT2D eigenvalue weighted by molar-refractivity contribution is 0.373. The second kappa shape index (κ2) is 7.87. The molecule has 0 spiro atoms. The van der Waals surface area contributed by atoms with Crippen LogP contribution in [0.2, 0.25) is 0 Å². The summed E-state index contributed by atoms with van der Waals surface area (Å²) in [6, 6.07) is 15.2. The number of ether oxygens (including phenoxy) is 1.